The third kappa shape index (κ3) is 2.91. The highest BCUT2D eigenvalue weighted by Crippen LogP contribution is 3.02. The SMILES string of the molecule is O=C(NC1=C(F)C=CS1(F)(F)(F)F)c1cc(F)ccc1S. The summed E-state index contributed by atoms with van der Waals surface area (Å²) in [5, 5.41) is -2.13. The number of carbonyl (C=O) groups excluding carboxylic acids is 1. The van der Waals surface area contributed by atoms with Gasteiger partial charge in [0.05, 0.1) is 5.56 Å². The van der Waals surface area contributed by atoms with Crippen molar-refractivity contribution in [1.82, 2.24) is 5.32 Å². The fraction of sp³-hybridized carbons (Fsp3) is 0. The average molecular weight is 347 g/mol. The second kappa shape index (κ2) is 4.01. The molecule has 1 aromatic carbocycles. The number of hydrogen-bond acceptors (Lipinski definition) is 2. The van der Waals surface area contributed by atoms with Crippen molar-refractivity contribution in [1.29, 1.82) is 0 Å². The Hall–Kier alpha value is -1.55. The van der Waals surface area contributed by atoms with Gasteiger partial charge in [0.2, 0.25) is 9.84 Å². The summed E-state index contributed by atoms with van der Waals surface area (Å²) in [6.45, 7) is 0. The molecule has 116 valence electrons. The van der Waals surface area contributed by atoms with Crippen LogP contribution in [0.4, 0.5) is 24.3 Å². The molecule has 10 heteroatoms. The van der Waals surface area contributed by atoms with Gasteiger partial charge in [0.25, 0.3) is 5.91 Å². The predicted molar refractivity (Wildman–Crippen MR) is 70.4 cm³/mol. The average Bonchev–Trinajstić information content (AvgIpc) is 2.52. The highest BCUT2D eigenvalue weighted by atomic mass is 32.5. The smallest absolute Gasteiger partial charge is 0.257 e. The summed E-state index contributed by atoms with van der Waals surface area (Å²) in [6, 6.07) is 2.55. The third-order valence-electron chi connectivity index (χ3n) is 2.56. The van der Waals surface area contributed by atoms with E-state index < -0.39 is 43.4 Å². The minimum absolute atomic E-state index is 0.121. The van der Waals surface area contributed by atoms with E-state index in [0.717, 1.165) is 17.4 Å². The summed E-state index contributed by atoms with van der Waals surface area (Å²) in [5.41, 5.74) is -0.584. The quantitative estimate of drug-likeness (QED) is 0.577. The molecule has 0 aliphatic carbocycles. The van der Waals surface area contributed by atoms with Crippen molar-refractivity contribution >= 4 is 28.4 Å². The van der Waals surface area contributed by atoms with Crippen LogP contribution in [0.3, 0.4) is 0 Å². The molecule has 0 saturated carbocycles. The molecule has 0 bridgehead atoms. The molecule has 1 N–H and O–H groups in total. The predicted octanol–water partition coefficient (Wildman–Crippen LogP) is 4.92. The fourth-order valence-electron chi connectivity index (χ4n) is 1.57. The first kappa shape index (κ1) is 15.8. The van der Waals surface area contributed by atoms with Crippen LogP contribution in [0.5, 0.6) is 0 Å². The van der Waals surface area contributed by atoms with Gasteiger partial charge in [-0.05, 0) is 24.3 Å². The van der Waals surface area contributed by atoms with Gasteiger partial charge in [-0.1, -0.05) is 0 Å². The van der Waals surface area contributed by atoms with Gasteiger partial charge in [-0.2, -0.15) is 0 Å². The third-order valence-corrected chi connectivity index (χ3v) is 4.79. The van der Waals surface area contributed by atoms with Crippen LogP contribution in [0.25, 0.3) is 0 Å². The van der Waals surface area contributed by atoms with Crippen LogP contribution in [0.1, 0.15) is 10.4 Å². The molecule has 1 amide bonds. The van der Waals surface area contributed by atoms with E-state index in [1.54, 1.807) is 0 Å². The zero-order valence-corrected chi connectivity index (χ0v) is 11.6. The molecule has 0 aromatic heterocycles. The maximum Gasteiger partial charge on any atom is 0.257 e. The number of nitrogens with one attached hydrogen (secondary N) is 1. The molecule has 0 saturated heterocycles. The van der Waals surface area contributed by atoms with E-state index in [-0.39, 0.29) is 11.0 Å². The Labute approximate surface area is 120 Å². The first-order valence-corrected chi connectivity index (χ1v) is 7.78. The van der Waals surface area contributed by atoms with Crippen molar-refractivity contribution in [2.45, 2.75) is 4.90 Å². The normalized spacial score (nSPS) is 24.7. The standard InChI is InChI=1S/C11H7F6NOS2/c12-6-1-2-9(20)7(5-6)10(19)18-11-8(13)3-4-21(11,14,15,16)17/h1-5,20H,(H,18,19). The number of rotatable bonds is 2. The van der Waals surface area contributed by atoms with Crippen molar-refractivity contribution in [3.8, 4) is 0 Å². The lowest BCUT2D eigenvalue weighted by molar-refractivity contribution is 0.0962. The lowest BCUT2D eigenvalue weighted by Gasteiger charge is -2.45. The van der Waals surface area contributed by atoms with Crippen LogP contribution in [-0.4, -0.2) is 5.91 Å². The Morgan fingerprint density at radius 3 is 2.29 bits per heavy atom. The van der Waals surface area contributed by atoms with E-state index in [1.165, 1.54) is 0 Å². The Balaban J connectivity index is 2.42. The van der Waals surface area contributed by atoms with E-state index in [1.807, 2.05) is 0 Å². The van der Waals surface area contributed by atoms with E-state index >= 15 is 0 Å². The number of halogens is 6. The Morgan fingerprint density at radius 1 is 1.14 bits per heavy atom. The lowest BCUT2D eigenvalue weighted by atomic mass is 10.2. The van der Waals surface area contributed by atoms with Gasteiger partial charge in [-0.15, -0.1) is 28.2 Å². The Bertz CT molecular complexity index is 721. The highest BCUT2D eigenvalue weighted by molar-refractivity contribution is 8.54. The highest BCUT2D eigenvalue weighted by Gasteiger charge is 2.68. The molecule has 1 aliphatic rings. The van der Waals surface area contributed by atoms with Crippen molar-refractivity contribution in [2.24, 2.45) is 0 Å². The minimum atomic E-state index is -9.00. The molecule has 0 atom stereocenters. The zero-order valence-electron chi connectivity index (χ0n) is 9.92. The van der Waals surface area contributed by atoms with Crippen LogP contribution in [-0.2, 0) is 0 Å². The Kier molecular flexibility index (Phi) is 3.02. The largest absolute Gasteiger partial charge is 0.309 e. The zero-order chi connectivity index (χ0) is 16.1. The summed E-state index contributed by atoms with van der Waals surface area (Å²) in [6.07, 6.45) is -0.121. The molecule has 0 fully saturated rings. The molecule has 0 radical (unpaired) electrons. The number of allylic oxidation sites excluding steroid dienone is 2. The van der Waals surface area contributed by atoms with Gasteiger partial charge in [-0.25, -0.2) is 8.78 Å². The van der Waals surface area contributed by atoms with E-state index in [2.05, 4.69) is 12.6 Å². The van der Waals surface area contributed by atoms with Crippen LogP contribution in [0, 0.1) is 5.82 Å². The molecule has 2 nitrogen and oxygen atoms in total. The van der Waals surface area contributed by atoms with Crippen LogP contribution >= 0.6 is 22.5 Å². The Morgan fingerprint density at radius 2 is 1.76 bits per heavy atom. The topological polar surface area (TPSA) is 29.1 Å². The van der Waals surface area contributed by atoms with Gasteiger partial charge in [-0.3, -0.25) is 4.79 Å². The maximum atomic E-state index is 13.4. The van der Waals surface area contributed by atoms with E-state index in [9.17, 15) is 29.1 Å². The van der Waals surface area contributed by atoms with Gasteiger partial charge in [0.15, 0.2) is 10.9 Å². The first-order valence-electron chi connectivity index (χ1n) is 5.22. The summed E-state index contributed by atoms with van der Waals surface area (Å²) >= 11 is 3.77. The number of amides is 1. The molecule has 21 heavy (non-hydrogen) atoms. The molecule has 0 spiro atoms. The minimum Gasteiger partial charge on any atom is -0.309 e. The maximum absolute atomic E-state index is 13.4. The lowest BCUT2D eigenvalue weighted by Crippen LogP contribution is -2.30. The fourth-order valence-corrected chi connectivity index (χ4v) is 3.12. The van der Waals surface area contributed by atoms with Gasteiger partial charge < -0.3 is 5.32 Å². The summed E-state index contributed by atoms with van der Waals surface area (Å²) < 4.78 is 79.7. The number of hydrogen-bond donors (Lipinski definition) is 2. The van der Waals surface area contributed by atoms with Gasteiger partial charge in [0.1, 0.15) is 5.82 Å². The number of benzene rings is 1. The second-order valence-corrected chi connectivity index (χ2v) is 7.66. The van der Waals surface area contributed by atoms with Crippen molar-refractivity contribution in [3.63, 3.8) is 0 Å². The van der Waals surface area contributed by atoms with Gasteiger partial charge in [0, 0.05) is 10.3 Å². The molecular weight excluding hydrogens is 340 g/mol. The molecular formula is C11H7F6NOS2. The molecule has 0 unspecified atom stereocenters. The monoisotopic (exact) mass is 347 g/mol. The molecule has 1 aromatic rings. The summed E-state index contributed by atoms with van der Waals surface area (Å²) in [5.74, 6) is -4.40. The second-order valence-electron chi connectivity index (χ2n) is 4.23. The number of carbonyl (C=O) groups is 1. The summed E-state index contributed by atoms with van der Waals surface area (Å²) in [7, 11) is -9.00. The summed E-state index contributed by atoms with van der Waals surface area (Å²) in [4.78, 5) is 11.5. The van der Waals surface area contributed by atoms with Crippen molar-refractivity contribution in [3.05, 3.63) is 51.9 Å². The van der Waals surface area contributed by atoms with Crippen LogP contribution in [0.15, 0.2) is 45.4 Å². The molecule has 1 aliphatic heterocycles. The first-order chi connectivity index (χ1) is 9.32. The molecule has 2 rings (SSSR count). The van der Waals surface area contributed by atoms with Crippen LogP contribution in [0.2, 0.25) is 0 Å². The number of thiol groups is 1. The van der Waals surface area contributed by atoms with Crippen molar-refractivity contribution < 1.29 is 29.1 Å². The van der Waals surface area contributed by atoms with E-state index in [0.29, 0.717) is 6.07 Å². The van der Waals surface area contributed by atoms with E-state index in [4.69, 9.17) is 0 Å². The van der Waals surface area contributed by atoms with Crippen molar-refractivity contribution in [2.75, 3.05) is 0 Å². The van der Waals surface area contributed by atoms with Crippen LogP contribution < -0.4 is 5.32 Å². The molecule has 1 heterocycles. The van der Waals surface area contributed by atoms with Gasteiger partial charge >= 0.3 is 0 Å².